The highest BCUT2D eigenvalue weighted by Gasteiger charge is 2.49. The Kier molecular flexibility index (Phi) is 9.19. The molecule has 0 aliphatic heterocycles. The van der Waals surface area contributed by atoms with Crippen LogP contribution in [-0.4, -0.2) is 12.1 Å². The third kappa shape index (κ3) is 5.48. The van der Waals surface area contributed by atoms with E-state index in [9.17, 15) is 0 Å². The average molecular weight is 324 g/mol. The SMILES string of the molecule is CC.CC(C)NC1CCC2C(CCC3(C)CCCC23)C1.CCC. The molecule has 0 aromatic rings. The van der Waals surface area contributed by atoms with Gasteiger partial charge in [-0.2, -0.15) is 0 Å². The molecule has 3 aliphatic rings. The first-order chi connectivity index (χ1) is 11.0. The zero-order valence-corrected chi connectivity index (χ0v) is 17.3. The van der Waals surface area contributed by atoms with Crippen LogP contribution in [-0.2, 0) is 0 Å². The van der Waals surface area contributed by atoms with E-state index in [-0.39, 0.29) is 0 Å². The predicted octanol–water partition coefficient (Wildman–Crippen LogP) is 6.81. The molecule has 23 heavy (non-hydrogen) atoms. The lowest BCUT2D eigenvalue weighted by Gasteiger charge is -2.50. The summed E-state index contributed by atoms with van der Waals surface area (Å²) in [6, 6.07) is 1.48. The monoisotopic (exact) mass is 323 g/mol. The van der Waals surface area contributed by atoms with Crippen molar-refractivity contribution in [3.63, 3.8) is 0 Å². The van der Waals surface area contributed by atoms with Gasteiger partial charge in [0.2, 0.25) is 0 Å². The van der Waals surface area contributed by atoms with Crippen LogP contribution in [0.2, 0.25) is 0 Å². The fourth-order valence-electron chi connectivity index (χ4n) is 5.59. The summed E-state index contributed by atoms with van der Waals surface area (Å²) >= 11 is 0. The van der Waals surface area contributed by atoms with Crippen molar-refractivity contribution in [3.8, 4) is 0 Å². The van der Waals surface area contributed by atoms with Crippen LogP contribution >= 0.6 is 0 Å². The van der Waals surface area contributed by atoms with Crippen LogP contribution in [0.3, 0.4) is 0 Å². The lowest BCUT2D eigenvalue weighted by molar-refractivity contribution is 0.00596. The molecule has 0 amide bonds. The van der Waals surface area contributed by atoms with Crippen LogP contribution in [0, 0.1) is 23.2 Å². The first-order valence-corrected chi connectivity index (χ1v) is 10.8. The van der Waals surface area contributed by atoms with Crippen molar-refractivity contribution in [1.29, 1.82) is 0 Å². The molecule has 0 bridgehead atoms. The van der Waals surface area contributed by atoms with Gasteiger partial charge in [-0.05, 0) is 68.1 Å². The Morgan fingerprint density at radius 2 is 1.65 bits per heavy atom. The molecule has 3 aliphatic carbocycles. The second kappa shape index (κ2) is 10.1. The van der Waals surface area contributed by atoms with Crippen LogP contribution in [0.4, 0.5) is 0 Å². The first kappa shape index (κ1) is 21.0. The molecule has 138 valence electrons. The van der Waals surface area contributed by atoms with Gasteiger partial charge in [0, 0.05) is 12.1 Å². The fraction of sp³-hybridized carbons (Fsp3) is 1.00. The maximum Gasteiger partial charge on any atom is 0.00722 e. The molecule has 0 spiro atoms. The van der Waals surface area contributed by atoms with Crippen molar-refractivity contribution in [2.45, 2.75) is 118 Å². The largest absolute Gasteiger partial charge is 0.312 e. The molecular formula is C22H45N. The van der Waals surface area contributed by atoms with E-state index in [1.807, 2.05) is 13.8 Å². The maximum atomic E-state index is 3.78. The van der Waals surface area contributed by atoms with Crippen molar-refractivity contribution < 1.29 is 0 Å². The maximum absolute atomic E-state index is 3.78. The van der Waals surface area contributed by atoms with E-state index in [4.69, 9.17) is 0 Å². The van der Waals surface area contributed by atoms with Gasteiger partial charge in [0.25, 0.3) is 0 Å². The summed E-state index contributed by atoms with van der Waals surface area (Å²) in [6.45, 7) is 15.4. The van der Waals surface area contributed by atoms with E-state index >= 15 is 0 Å². The Labute approximate surface area is 147 Å². The molecule has 3 rings (SSSR count). The van der Waals surface area contributed by atoms with Gasteiger partial charge in [-0.25, -0.2) is 0 Å². The smallest absolute Gasteiger partial charge is 0.00722 e. The number of nitrogens with one attached hydrogen (secondary N) is 1. The van der Waals surface area contributed by atoms with Gasteiger partial charge in [-0.15, -0.1) is 0 Å². The minimum atomic E-state index is 0.659. The van der Waals surface area contributed by atoms with Crippen molar-refractivity contribution in [2.75, 3.05) is 0 Å². The summed E-state index contributed by atoms with van der Waals surface area (Å²) in [4.78, 5) is 0. The molecule has 0 heterocycles. The molecule has 0 aromatic heterocycles. The van der Waals surface area contributed by atoms with Crippen molar-refractivity contribution >= 4 is 0 Å². The van der Waals surface area contributed by atoms with Crippen LogP contribution < -0.4 is 5.32 Å². The normalized spacial score (nSPS) is 38.6. The number of rotatable bonds is 2. The Morgan fingerprint density at radius 3 is 2.26 bits per heavy atom. The Balaban J connectivity index is 0.000000477. The van der Waals surface area contributed by atoms with Gasteiger partial charge in [-0.3, -0.25) is 0 Å². The van der Waals surface area contributed by atoms with E-state index in [0.29, 0.717) is 6.04 Å². The number of hydrogen-bond donors (Lipinski definition) is 1. The third-order valence-electron chi connectivity index (χ3n) is 6.37. The van der Waals surface area contributed by atoms with Gasteiger partial charge in [0.1, 0.15) is 0 Å². The Bertz CT molecular complexity index is 311. The number of fused-ring (bicyclic) bond motifs is 3. The molecule has 1 heteroatoms. The summed E-state index contributed by atoms with van der Waals surface area (Å²) in [5.74, 6) is 3.21. The second-order valence-corrected chi connectivity index (χ2v) is 8.65. The number of hydrogen-bond acceptors (Lipinski definition) is 1. The Morgan fingerprint density at radius 1 is 1.00 bits per heavy atom. The first-order valence-electron chi connectivity index (χ1n) is 10.8. The average Bonchev–Trinajstić information content (AvgIpc) is 2.91. The van der Waals surface area contributed by atoms with E-state index in [1.165, 1.54) is 51.4 Å². The third-order valence-corrected chi connectivity index (χ3v) is 6.37. The minimum absolute atomic E-state index is 0.659. The van der Waals surface area contributed by atoms with E-state index < -0.39 is 0 Å². The van der Waals surface area contributed by atoms with Gasteiger partial charge < -0.3 is 5.32 Å². The van der Waals surface area contributed by atoms with Gasteiger partial charge >= 0.3 is 0 Å². The second-order valence-electron chi connectivity index (χ2n) is 8.65. The van der Waals surface area contributed by atoms with Gasteiger partial charge in [0.05, 0.1) is 0 Å². The Hall–Kier alpha value is -0.0400. The summed E-state index contributed by atoms with van der Waals surface area (Å²) in [5.41, 5.74) is 0.736. The molecule has 3 saturated carbocycles. The molecule has 0 aromatic carbocycles. The lowest BCUT2D eigenvalue weighted by atomic mass is 9.56. The van der Waals surface area contributed by atoms with Gasteiger partial charge in [0.15, 0.2) is 0 Å². The topological polar surface area (TPSA) is 12.0 Å². The molecule has 5 unspecified atom stereocenters. The standard InChI is InChI=1S/C17H31N.C3H8.C2H6/c1-12(2)18-14-6-7-15-13(11-14)8-10-17(3)9-4-5-16(15)17;1-3-2;1-2/h12-16,18H,4-11H2,1-3H3;3H2,1-2H3;1-2H3. The molecular weight excluding hydrogens is 278 g/mol. The summed E-state index contributed by atoms with van der Waals surface area (Å²) in [7, 11) is 0. The summed E-state index contributed by atoms with van der Waals surface area (Å²) < 4.78 is 0. The predicted molar refractivity (Wildman–Crippen MR) is 105 cm³/mol. The van der Waals surface area contributed by atoms with Crippen LogP contribution in [0.25, 0.3) is 0 Å². The highest BCUT2D eigenvalue weighted by atomic mass is 14.9. The molecule has 1 nitrogen and oxygen atoms in total. The minimum Gasteiger partial charge on any atom is -0.312 e. The molecule has 5 atom stereocenters. The molecule has 1 N–H and O–H groups in total. The van der Waals surface area contributed by atoms with E-state index in [1.54, 1.807) is 6.42 Å². The fourth-order valence-corrected chi connectivity index (χ4v) is 5.59. The van der Waals surface area contributed by atoms with Crippen molar-refractivity contribution in [3.05, 3.63) is 0 Å². The van der Waals surface area contributed by atoms with Crippen molar-refractivity contribution in [1.82, 2.24) is 5.32 Å². The molecule has 3 fully saturated rings. The zero-order valence-electron chi connectivity index (χ0n) is 17.3. The van der Waals surface area contributed by atoms with Crippen molar-refractivity contribution in [2.24, 2.45) is 23.2 Å². The highest BCUT2D eigenvalue weighted by Crippen LogP contribution is 2.59. The van der Waals surface area contributed by atoms with Crippen LogP contribution in [0.1, 0.15) is 106 Å². The lowest BCUT2D eigenvalue weighted by Crippen LogP contribution is -2.46. The van der Waals surface area contributed by atoms with E-state index in [2.05, 4.69) is 39.9 Å². The molecule has 0 saturated heterocycles. The summed E-state index contributed by atoms with van der Waals surface area (Å²) in [5, 5.41) is 3.78. The molecule has 0 radical (unpaired) electrons. The van der Waals surface area contributed by atoms with Crippen LogP contribution in [0.5, 0.6) is 0 Å². The zero-order chi connectivity index (χ0) is 17.5. The summed E-state index contributed by atoms with van der Waals surface area (Å²) in [6.07, 6.45) is 13.3. The van der Waals surface area contributed by atoms with Gasteiger partial charge in [-0.1, -0.05) is 61.3 Å². The van der Waals surface area contributed by atoms with E-state index in [0.717, 1.165) is 29.2 Å². The highest BCUT2D eigenvalue weighted by molar-refractivity contribution is 5.00. The quantitative estimate of drug-likeness (QED) is 0.588. The van der Waals surface area contributed by atoms with Crippen LogP contribution in [0.15, 0.2) is 0 Å².